The number of hydrogen-bond donors (Lipinski definition) is 1. The van der Waals surface area contributed by atoms with Gasteiger partial charge in [-0.25, -0.2) is 0 Å². The van der Waals surface area contributed by atoms with E-state index in [0.717, 1.165) is 17.0 Å². The summed E-state index contributed by atoms with van der Waals surface area (Å²) in [6.07, 6.45) is 1.75. The Morgan fingerprint density at radius 1 is 1.21 bits per heavy atom. The Kier molecular flexibility index (Phi) is 4.30. The summed E-state index contributed by atoms with van der Waals surface area (Å²) in [5, 5.41) is 3.52. The van der Waals surface area contributed by atoms with Crippen LogP contribution in [0.25, 0.3) is 0 Å². The van der Waals surface area contributed by atoms with Gasteiger partial charge in [-0.3, -0.25) is 4.79 Å². The second kappa shape index (κ2) is 6.40. The maximum Gasteiger partial charge on any atom is 0.258 e. The summed E-state index contributed by atoms with van der Waals surface area (Å²) in [7, 11) is 0. The number of benzene rings is 2. The molecule has 0 bridgehead atoms. The van der Waals surface area contributed by atoms with Gasteiger partial charge in [0.25, 0.3) is 5.91 Å². The maximum atomic E-state index is 13.0. The van der Waals surface area contributed by atoms with Gasteiger partial charge in [-0.2, -0.15) is 0 Å². The second-order valence-electron chi connectivity index (χ2n) is 5.90. The molecule has 0 saturated heterocycles. The Morgan fingerprint density at radius 2 is 1.92 bits per heavy atom. The fourth-order valence-electron chi connectivity index (χ4n) is 3.12. The minimum Gasteiger partial charge on any atom is -0.494 e. The van der Waals surface area contributed by atoms with Gasteiger partial charge in [-0.15, -0.1) is 6.58 Å². The monoisotopic (exact) mass is 322 g/mol. The van der Waals surface area contributed by atoms with Gasteiger partial charge in [0.2, 0.25) is 0 Å². The van der Waals surface area contributed by atoms with Crippen molar-refractivity contribution >= 4 is 11.6 Å². The summed E-state index contributed by atoms with van der Waals surface area (Å²) in [5.41, 5.74) is 1.88. The molecule has 3 rings (SSSR count). The number of amides is 1. The van der Waals surface area contributed by atoms with Crippen LogP contribution in [0.5, 0.6) is 5.75 Å². The number of nitrogens with zero attached hydrogens (tertiary/aromatic N) is 1. The van der Waals surface area contributed by atoms with E-state index in [1.54, 1.807) is 11.0 Å². The first-order valence-corrected chi connectivity index (χ1v) is 8.13. The third-order valence-corrected chi connectivity index (χ3v) is 4.36. The summed E-state index contributed by atoms with van der Waals surface area (Å²) < 4.78 is 5.52. The summed E-state index contributed by atoms with van der Waals surface area (Å²) in [4.78, 5) is 14.8. The quantitative estimate of drug-likeness (QED) is 0.846. The van der Waals surface area contributed by atoms with Crippen LogP contribution in [0.15, 0.2) is 61.2 Å². The molecule has 4 heteroatoms. The molecule has 1 N–H and O–H groups in total. The molecule has 2 aromatic rings. The lowest BCUT2D eigenvalue weighted by Gasteiger charge is -2.46. The zero-order valence-electron chi connectivity index (χ0n) is 14.1. The van der Waals surface area contributed by atoms with Crippen molar-refractivity contribution in [3.8, 4) is 5.75 Å². The lowest BCUT2D eigenvalue weighted by Crippen LogP contribution is -2.55. The molecule has 1 heterocycles. The highest BCUT2D eigenvalue weighted by atomic mass is 16.5. The molecule has 24 heavy (non-hydrogen) atoms. The standard InChI is InChI=1S/C20H22N2O2/c1-4-14-22-19(23)17-8-6-7-9-18(17)21-20(22,3)15-10-12-16(13-11-15)24-5-2/h4,6-13,21H,1,5,14H2,2-3H3. The first-order chi connectivity index (χ1) is 11.6. The molecule has 0 aliphatic carbocycles. The molecule has 1 aliphatic rings. The highest BCUT2D eigenvalue weighted by Crippen LogP contribution is 2.38. The number of carbonyl (C=O) groups is 1. The van der Waals surface area contributed by atoms with E-state index >= 15 is 0 Å². The minimum absolute atomic E-state index is 0.000588. The summed E-state index contributed by atoms with van der Waals surface area (Å²) in [6, 6.07) is 15.4. The lowest BCUT2D eigenvalue weighted by atomic mass is 9.93. The van der Waals surface area contributed by atoms with E-state index < -0.39 is 5.66 Å². The van der Waals surface area contributed by atoms with Crippen molar-refractivity contribution in [3.05, 3.63) is 72.3 Å². The normalized spacial score (nSPS) is 19.4. The third-order valence-electron chi connectivity index (χ3n) is 4.36. The molecule has 0 radical (unpaired) electrons. The summed E-state index contributed by atoms with van der Waals surface area (Å²) >= 11 is 0. The second-order valence-corrected chi connectivity index (χ2v) is 5.90. The van der Waals surface area contributed by atoms with Crippen molar-refractivity contribution in [1.29, 1.82) is 0 Å². The predicted molar refractivity (Wildman–Crippen MR) is 96.3 cm³/mol. The van der Waals surface area contributed by atoms with Crippen LogP contribution in [0.3, 0.4) is 0 Å². The van der Waals surface area contributed by atoms with Gasteiger partial charge in [-0.1, -0.05) is 30.3 Å². The first-order valence-electron chi connectivity index (χ1n) is 8.13. The van der Waals surface area contributed by atoms with Crippen molar-refractivity contribution in [1.82, 2.24) is 4.90 Å². The number of nitrogens with one attached hydrogen (secondary N) is 1. The van der Waals surface area contributed by atoms with Crippen LogP contribution in [0.2, 0.25) is 0 Å². The highest BCUT2D eigenvalue weighted by Gasteiger charge is 2.41. The fourth-order valence-corrected chi connectivity index (χ4v) is 3.12. The van der Waals surface area contributed by atoms with Gasteiger partial charge in [0, 0.05) is 12.2 Å². The van der Waals surface area contributed by atoms with E-state index in [9.17, 15) is 4.79 Å². The molecule has 1 unspecified atom stereocenters. The van der Waals surface area contributed by atoms with Gasteiger partial charge < -0.3 is 15.0 Å². The number of hydrogen-bond acceptors (Lipinski definition) is 3. The molecular weight excluding hydrogens is 300 g/mol. The van der Waals surface area contributed by atoms with Crippen LogP contribution in [0.1, 0.15) is 29.8 Å². The van der Waals surface area contributed by atoms with E-state index in [2.05, 4.69) is 11.9 Å². The minimum atomic E-state index is -0.648. The molecule has 0 fully saturated rings. The fraction of sp³-hybridized carbons (Fsp3) is 0.250. The Labute approximate surface area is 142 Å². The number of fused-ring (bicyclic) bond motifs is 1. The molecule has 124 valence electrons. The average Bonchev–Trinajstić information content (AvgIpc) is 2.59. The molecule has 1 aliphatic heterocycles. The highest BCUT2D eigenvalue weighted by molar-refractivity contribution is 6.02. The Bertz CT molecular complexity index is 754. The molecule has 1 atom stereocenters. The number of carbonyl (C=O) groups excluding carboxylic acids is 1. The van der Waals surface area contributed by atoms with Gasteiger partial charge in [-0.05, 0) is 43.7 Å². The van der Waals surface area contributed by atoms with E-state index in [-0.39, 0.29) is 5.91 Å². The van der Waals surface area contributed by atoms with Crippen molar-refractivity contribution in [3.63, 3.8) is 0 Å². The maximum absolute atomic E-state index is 13.0. The topological polar surface area (TPSA) is 41.6 Å². The first kappa shape index (κ1) is 16.1. The zero-order valence-corrected chi connectivity index (χ0v) is 14.1. The van der Waals surface area contributed by atoms with Crippen LogP contribution in [-0.4, -0.2) is 24.0 Å². The SMILES string of the molecule is C=CCN1C(=O)c2ccccc2NC1(C)c1ccc(OCC)cc1. The number of anilines is 1. The molecular formula is C20H22N2O2. The molecule has 4 nitrogen and oxygen atoms in total. The number of ether oxygens (including phenoxy) is 1. The van der Waals surface area contributed by atoms with Crippen LogP contribution < -0.4 is 10.1 Å². The zero-order chi connectivity index (χ0) is 17.2. The van der Waals surface area contributed by atoms with Crippen LogP contribution in [-0.2, 0) is 5.66 Å². The van der Waals surface area contributed by atoms with Crippen LogP contribution in [0, 0.1) is 0 Å². The largest absolute Gasteiger partial charge is 0.494 e. The number of rotatable bonds is 5. The van der Waals surface area contributed by atoms with Crippen molar-refractivity contribution in [2.45, 2.75) is 19.5 Å². The Hall–Kier alpha value is -2.75. The molecule has 1 amide bonds. The third kappa shape index (κ3) is 2.64. The average molecular weight is 322 g/mol. The van der Waals surface area contributed by atoms with Crippen LogP contribution >= 0.6 is 0 Å². The van der Waals surface area contributed by atoms with E-state index in [4.69, 9.17) is 4.74 Å². The summed E-state index contributed by atoms with van der Waals surface area (Å²) in [6.45, 7) is 8.86. The van der Waals surface area contributed by atoms with Crippen molar-refractivity contribution in [2.75, 3.05) is 18.5 Å². The van der Waals surface area contributed by atoms with E-state index in [1.165, 1.54) is 0 Å². The van der Waals surface area contributed by atoms with Gasteiger partial charge in [0.15, 0.2) is 0 Å². The Morgan fingerprint density at radius 3 is 2.58 bits per heavy atom. The molecule has 2 aromatic carbocycles. The van der Waals surface area contributed by atoms with E-state index in [1.807, 2.05) is 62.4 Å². The predicted octanol–water partition coefficient (Wildman–Crippen LogP) is 4.01. The van der Waals surface area contributed by atoms with Crippen molar-refractivity contribution in [2.24, 2.45) is 0 Å². The Balaban J connectivity index is 2.05. The number of para-hydroxylation sites is 1. The van der Waals surface area contributed by atoms with Crippen LogP contribution in [0.4, 0.5) is 5.69 Å². The summed E-state index contributed by atoms with van der Waals surface area (Å²) in [5.74, 6) is 0.822. The van der Waals surface area contributed by atoms with Gasteiger partial charge in [0.05, 0.1) is 12.2 Å². The molecule has 0 spiro atoms. The van der Waals surface area contributed by atoms with Gasteiger partial charge >= 0.3 is 0 Å². The smallest absolute Gasteiger partial charge is 0.258 e. The molecule has 0 saturated carbocycles. The molecule has 0 aromatic heterocycles. The van der Waals surface area contributed by atoms with E-state index in [0.29, 0.717) is 18.7 Å². The lowest BCUT2D eigenvalue weighted by molar-refractivity contribution is 0.0572. The van der Waals surface area contributed by atoms with Crippen molar-refractivity contribution < 1.29 is 9.53 Å². The van der Waals surface area contributed by atoms with Gasteiger partial charge in [0.1, 0.15) is 11.4 Å².